The van der Waals surface area contributed by atoms with Gasteiger partial charge >= 0.3 is 6.18 Å². The first-order valence-corrected chi connectivity index (χ1v) is 4.69. The van der Waals surface area contributed by atoms with E-state index in [0.717, 1.165) is 12.0 Å². The molecule has 84 valence electrons. The molecule has 0 aliphatic rings. The molecule has 0 saturated carbocycles. The van der Waals surface area contributed by atoms with Crippen LogP contribution in [0.1, 0.15) is 18.2 Å². The van der Waals surface area contributed by atoms with Gasteiger partial charge in [-0.3, -0.25) is 4.98 Å². The topological polar surface area (TPSA) is 38.9 Å². The van der Waals surface area contributed by atoms with Gasteiger partial charge in [-0.15, -0.1) is 0 Å². The second-order valence-corrected chi connectivity index (χ2v) is 3.36. The number of halogens is 3. The summed E-state index contributed by atoms with van der Waals surface area (Å²) in [6, 6.07) is 1.52. The minimum atomic E-state index is -4.36. The van der Waals surface area contributed by atoms with Crippen LogP contribution in [0.5, 0.6) is 0 Å². The van der Waals surface area contributed by atoms with Crippen LogP contribution in [0.2, 0.25) is 0 Å². The van der Waals surface area contributed by atoms with Crippen LogP contribution >= 0.6 is 0 Å². The first kappa shape index (κ1) is 12.0. The normalized spacial score (nSPS) is 13.9. The van der Waals surface area contributed by atoms with Gasteiger partial charge in [0.1, 0.15) is 6.04 Å². The van der Waals surface area contributed by atoms with E-state index < -0.39 is 12.2 Å². The fourth-order valence-corrected chi connectivity index (χ4v) is 1.13. The zero-order chi connectivity index (χ0) is 11.5. The molecule has 1 atom stereocenters. The molecule has 0 aromatic carbocycles. The van der Waals surface area contributed by atoms with E-state index in [2.05, 4.69) is 4.98 Å². The van der Waals surface area contributed by atoms with Crippen molar-refractivity contribution in [3.8, 4) is 0 Å². The van der Waals surface area contributed by atoms with Gasteiger partial charge in [-0.25, -0.2) is 0 Å². The summed E-state index contributed by atoms with van der Waals surface area (Å²) in [5.41, 5.74) is 6.36. The molecule has 0 radical (unpaired) electrons. The van der Waals surface area contributed by atoms with E-state index in [-0.39, 0.29) is 6.42 Å². The maximum atomic E-state index is 12.1. The quantitative estimate of drug-likeness (QED) is 0.843. The Morgan fingerprint density at radius 2 is 2.07 bits per heavy atom. The summed E-state index contributed by atoms with van der Waals surface area (Å²) >= 11 is 0. The summed E-state index contributed by atoms with van der Waals surface area (Å²) in [6.45, 7) is 1.96. The molecule has 2 N–H and O–H groups in total. The fraction of sp³-hybridized carbons (Fsp3) is 0.500. The monoisotopic (exact) mass is 218 g/mol. The van der Waals surface area contributed by atoms with Crippen LogP contribution in [-0.4, -0.2) is 17.2 Å². The molecule has 0 aliphatic carbocycles. The number of pyridine rings is 1. The number of hydrogen-bond donors (Lipinski definition) is 1. The summed E-state index contributed by atoms with van der Waals surface area (Å²) in [7, 11) is 0. The van der Waals surface area contributed by atoms with E-state index in [9.17, 15) is 13.2 Å². The molecule has 5 heteroatoms. The zero-order valence-corrected chi connectivity index (χ0v) is 8.38. The lowest BCUT2D eigenvalue weighted by molar-refractivity contribution is -0.147. The van der Waals surface area contributed by atoms with Crippen LogP contribution in [0.4, 0.5) is 13.2 Å². The van der Waals surface area contributed by atoms with Gasteiger partial charge in [0.15, 0.2) is 0 Å². The Kier molecular flexibility index (Phi) is 3.68. The third-order valence-electron chi connectivity index (χ3n) is 2.14. The van der Waals surface area contributed by atoms with Crippen LogP contribution in [0.15, 0.2) is 18.3 Å². The Balaban J connectivity index is 2.65. The molecular weight excluding hydrogens is 205 g/mol. The van der Waals surface area contributed by atoms with Crippen molar-refractivity contribution >= 4 is 0 Å². The summed E-state index contributed by atoms with van der Waals surface area (Å²) in [4.78, 5) is 3.92. The Morgan fingerprint density at radius 3 is 2.47 bits per heavy atom. The van der Waals surface area contributed by atoms with Gasteiger partial charge in [0.25, 0.3) is 0 Å². The van der Waals surface area contributed by atoms with Crippen molar-refractivity contribution in [3.05, 3.63) is 29.6 Å². The maximum absolute atomic E-state index is 12.1. The van der Waals surface area contributed by atoms with E-state index in [1.165, 1.54) is 0 Å². The van der Waals surface area contributed by atoms with Crippen LogP contribution < -0.4 is 5.73 Å². The molecule has 2 nitrogen and oxygen atoms in total. The van der Waals surface area contributed by atoms with E-state index in [4.69, 9.17) is 5.73 Å². The molecular formula is C10H13F3N2. The molecule has 0 bridgehead atoms. The summed E-state index contributed by atoms with van der Waals surface area (Å²) in [6.07, 6.45) is -2.23. The molecule has 1 heterocycles. The molecule has 15 heavy (non-hydrogen) atoms. The van der Waals surface area contributed by atoms with Gasteiger partial charge < -0.3 is 5.73 Å². The number of nitrogens with zero attached hydrogens (tertiary/aromatic N) is 1. The lowest BCUT2D eigenvalue weighted by Gasteiger charge is -2.14. The van der Waals surface area contributed by atoms with Gasteiger partial charge in [0.2, 0.25) is 0 Å². The highest BCUT2D eigenvalue weighted by Crippen LogP contribution is 2.20. The molecule has 0 fully saturated rings. The molecule has 0 spiro atoms. The van der Waals surface area contributed by atoms with Gasteiger partial charge in [-0.1, -0.05) is 13.0 Å². The molecule has 1 aromatic heterocycles. The van der Waals surface area contributed by atoms with Gasteiger partial charge in [0.05, 0.1) is 0 Å². The largest absolute Gasteiger partial charge is 0.404 e. The Hall–Kier alpha value is -1.10. The Labute approximate surface area is 86.3 Å². The van der Waals surface area contributed by atoms with Gasteiger partial charge in [-0.2, -0.15) is 13.2 Å². The predicted octanol–water partition coefficient (Wildman–Crippen LogP) is 2.08. The van der Waals surface area contributed by atoms with Crippen LogP contribution in [0.3, 0.4) is 0 Å². The average molecular weight is 218 g/mol. The molecule has 0 aliphatic heterocycles. The van der Waals surface area contributed by atoms with Crippen LogP contribution in [0, 0.1) is 0 Å². The number of alkyl halides is 3. The first-order chi connectivity index (χ1) is 6.93. The number of aromatic nitrogens is 1. The second kappa shape index (κ2) is 4.61. The molecule has 0 amide bonds. The van der Waals surface area contributed by atoms with E-state index in [1.807, 2.05) is 6.92 Å². The van der Waals surface area contributed by atoms with Crippen LogP contribution in [0.25, 0.3) is 0 Å². The van der Waals surface area contributed by atoms with Crippen molar-refractivity contribution in [2.45, 2.75) is 32.0 Å². The number of nitrogens with two attached hydrogens (primary N) is 1. The molecule has 1 rings (SSSR count). The first-order valence-electron chi connectivity index (χ1n) is 4.69. The smallest absolute Gasteiger partial charge is 0.320 e. The van der Waals surface area contributed by atoms with Gasteiger partial charge in [-0.05, 0) is 18.1 Å². The van der Waals surface area contributed by atoms with Crippen molar-refractivity contribution in [2.24, 2.45) is 5.73 Å². The highest BCUT2D eigenvalue weighted by molar-refractivity contribution is 5.14. The minimum absolute atomic E-state index is 0.270. The van der Waals surface area contributed by atoms with Crippen molar-refractivity contribution in [2.75, 3.05) is 0 Å². The maximum Gasteiger partial charge on any atom is 0.404 e. The highest BCUT2D eigenvalue weighted by Gasteiger charge is 2.36. The summed E-state index contributed by atoms with van der Waals surface area (Å²) in [5, 5.41) is 0. The minimum Gasteiger partial charge on any atom is -0.320 e. The predicted molar refractivity (Wildman–Crippen MR) is 51.3 cm³/mol. The number of hydrogen-bond acceptors (Lipinski definition) is 2. The van der Waals surface area contributed by atoms with E-state index >= 15 is 0 Å². The Morgan fingerprint density at radius 1 is 1.40 bits per heavy atom. The van der Waals surface area contributed by atoms with E-state index in [0.29, 0.717) is 5.69 Å². The van der Waals surface area contributed by atoms with Crippen molar-refractivity contribution in [1.29, 1.82) is 0 Å². The van der Waals surface area contributed by atoms with E-state index in [1.54, 1.807) is 18.3 Å². The highest BCUT2D eigenvalue weighted by atomic mass is 19.4. The van der Waals surface area contributed by atoms with Crippen molar-refractivity contribution < 1.29 is 13.2 Å². The fourth-order valence-electron chi connectivity index (χ4n) is 1.13. The molecule has 0 saturated heterocycles. The standard InChI is InChI=1S/C10H13F3N2/c1-2-7-3-4-8(15-6-7)5-9(14)10(11,12)13/h3-4,6,9H,2,5,14H2,1H3. The number of rotatable bonds is 3. The lowest BCUT2D eigenvalue weighted by atomic mass is 10.1. The second-order valence-electron chi connectivity index (χ2n) is 3.36. The summed E-state index contributed by atoms with van der Waals surface area (Å²) < 4.78 is 36.4. The van der Waals surface area contributed by atoms with Crippen molar-refractivity contribution in [1.82, 2.24) is 4.98 Å². The average Bonchev–Trinajstić information content (AvgIpc) is 2.17. The Bertz CT molecular complexity index is 305. The lowest BCUT2D eigenvalue weighted by Crippen LogP contribution is -2.39. The van der Waals surface area contributed by atoms with Crippen molar-refractivity contribution in [3.63, 3.8) is 0 Å². The molecule has 1 aromatic rings. The van der Waals surface area contributed by atoms with Gasteiger partial charge in [0, 0.05) is 18.3 Å². The summed E-state index contributed by atoms with van der Waals surface area (Å²) in [5.74, 6) is 0. The number of aryl methyl sites for hydroxylation is 1. The van der Waals surface area contributed by atoms with Crippen LogP contribution in [-0.2, 0) is 12.8 Å². The zero-order valence-electron chi connectivity index (χ0n) is 8.38. The molecule has 1 unspecified atom stereocenters. The SMILES string of the molecule is CCc1ccc(CC(N)C(F)(F)F)nc1. The third-order valence-corrected chi connectivity index (χ3v) is 2.14. The third kappa shape index (κ3) is 3.51.